The maximum atomic E-state index is 12.4. The van der Waals surface area contributed by atoms with Crippen LogP contribution in [0.5, 0.6) is 0 Å². The maximum Gasteiger partial charge on any atom is 0.263 e. The highest BCUT2D eigenvalue weighted by molar-refractivity contribution is 5.28. The van der Waals surface area contributed by atoms with E-state index >= 15 is 0 Å². The maximum absolute atomic E-state index is 12.4. The summed E-state index contributed by atoms with van der Waals surface area (Å²) in [4.78, 5) is 0. The highest BCUT2D eigenvalue weighted by Gasteiger charge is 2.10. The number of alkyl halides is 2. The minimum Gasteiger partial charge on any atom is -0.384 e. The van der Waals surface area contributed by atoms with E-state index in [1.165, 1.54) is 18.2 Å². The lowest BCUT2D eigenvalue weighted by Gasteiger charge is -2.08. The Hall–Kier alpha value is -1.22. The summed E-state index contributed by atoms with van der Waals surface area (Å²) in [6, 6.07) is 5.84. The Morgan fingerprint density at radius 3 is 2.40 bits per heavy atom. The third kappa shape index (κ3) is 3.44. The highest BCUT2D eigenvalue weighted by atomic mass is 19.3. The quantitative estimate of drug-likeness (QED) is 0.758. The summed E-state index contributed by atoms with van der Waals surface area (Å²) in [7, 11) is 0. The van der Waals surface area contributed by atoms with E-state index in [4.69, 9.17) is 0 Å². The van der Waals surface area contributed by atoms with Gasteiger partial charge in [-0.15, -0.1) is 0 Å². The van der Waals surface area contributed by atoms with Crippen LogP contribution in [0, 0.1) is 0 Å². The fourth-order valence-corrected chi connectivity index (χ4v) is 1.29. The van der Waals surface area contributed by atoms with Gasteiger partial charge in [-0.1, -0.05) is 29.8 Å². The molecule has 0 radical (unpaired) electrons. The lowest BCUT2D eigenvalue weighted by Crippen LogP contribution is -1.95. The Morgan fingerprint density at radius 2 is 1.87 bits per heavy atom. The Balaban J connectivity index is 2.95. The van der Waals surface area contributed by atoms with Crippen molar-refractivity contribution >= 4 is 0 Å². The third-order valence-electron chi connectivity index (χ3n) is 2.00. The second kappa shape index (κ2) is 5.03. The lowest BCUT2D eigenvalue weighted by atomic mass is 10.0. The lowest BCUT2D eigenvalue weighted by molar-refractivity contribution is 0.151. The molecule has 0 aromatic heterocycles. The molecule has 0 saturated heterocycles. The first-order valence-corrected chi connectivity index (χ1v) is 4.72. The zero-order valence-electron chi connectivity index (χ0n) is 8.74. The van der Waals surface area contributed by atoms with Crippen molar-refractivity contribution in [3.05, 3.63) is 47.0 Å². The Morgan fingerprint density at radius 1 is 1.27 bits per heavy atom. The molecule has 0 aliphatic rings. The molecule has 82 valence electrons. The van der Waals surface area contributed by atoms with Gasteiger partial charge in [0.1, 0.15) is 0 Å². The van der Waals surface area contributed by atoms with Crippen LogP contribution in [0.15, 0.2) is 35.9 Å². The first-order valence-electron chi connectivity index (χ1n) is 4.72. The van der Waals surface area contributed by atoms with Crippen molar-refractivity contribution in [3.8, 4) is 0 Å². The number of aliphatic hydroxyl groups excluding tert-OH is 1. The van der Waals surface area contributed by atoms with Crippen molar-refractivity contribution in [2.75, 3.05) is 0 Å². The van der Waals surface area contributed by atoms with Crippen LogP contribution < -0.4 is 0 Å². The summed E-state index contributed by atoms with van der Waals surface area (Å²) >= 11 is 0. The van der Waals surface area contributed by atoms with Crippen LogP contribution in [0.4, 0.5) is 8.78 Å². The summed E-state index contributed by atoms with van der Waals surface area (Å²) in [5, 5.41) is 9.68. The molecule has 0 bridgehead atoms. The fraction of sp³-hybridized carbons (Fsp3) is 0.333. The van der Waals surface area contributed by atoms with E-state index < -0.39 is 12.5 Å². The first kappa shape index (κ1) is 11.9. The van der Waals surface area contributed by atoms with Crippen molar-refractivity contribution in [2.24, 2.45) is 0 Å². The molecule has 0 amide bonds. The van der Waals surface area contributed by atoms with E-state index in [1.807, 2.05) is 13.8 Å². The predicted molar refractivity (Wildman–Crippen MR) is 55.8 cm³/mol. The van der Waals surface area contributed by atoms with Gasteiger partial charge in [-0.3, -0.25) is 0 Å². The topological polar surface area (TPSA) is 20.2 Å². The minimum atomic E-state index is -2.50. The largest absolute Gasteiger partial charge is 0.384 e. The molecular formula is C12H14F2O. The predicted octanol–water partition coefficient (Wildman–Crippen LogP) is 3.62. The van der Waals surface area contributed by atoms with Crippen LogP contribution in [-0.4, -0.2) is 5.11 Å². The molecule has 1 aromatic carbocycles. The second-order valence-corrected chi connectivity index (χ2v) is 3.66. The molecule has 0 aliphatic heterocycles. The van der Waals surface area contributed by atoms with E-state index in [0.717, 1.165) is 5.57 Å². The van der Waals surface area contributed by atoms with Crippen LogP contribution in [0.1, 0.15) is 37.5 Å². The van der Waals surface area contributed by atoms with Gasteiger partial charge in [0.2, 0.25) is 0 Å². The summed E-state index contributed by atoms with van der Waals surface area (Å²) in [5.74, 6) is 0. The van der Waals surface area contributed by atoms with Gasteiger partial charge in [0, 0.05) is 5.56 Å². The van der Waals surface area contributed by atoms with Crippen LogP contribution in [0.25, 0.3) is 0 Å². The molecule has 1 N–H and O–H groups in total. The van der Waals surface area contributed by atoms with Crippen molar-refractivity contribution < 1.29 is 13.9 Å². The number of hydrogen-bond donors (Lipinski definition) is 1. The number of allylic oxidation sites excluding steroid dienone is 1. The molecule has 1 aromatic rings. The molecule has 1 rings (SSSR count). The van der Waals surface area contributed by atoms with E-state index in [2.05, 4.69) is 0 Å². The summed E-state index contributed by atoms with van der Waals surface area (Å²) in [5.41, 5.74) is 1.38. The zero-order valence-corrected chi connectivity index (χ0v) is 8.74. The molecule has 1 atom stereocenters. The molecule has 1 nitrogen and oxygen atoms in total. The van der Waals surface area contributed by atoms with Gasteiger partial charge in [-0.2, -0.15) is 0 Å². The van der Waals surface area contributed by atoms with Gasteiger partial charge in [0.25, 0.3) is 6.43 Å². The van der Waals surface area contributed by atoms with Crippen LogP contribution in [0.2, 0.25) is 0 Å². The molecule has 1 unspecified atom stereocenters. The van der Waals surface area contributed by atoms with E-state index in [0.29, 0.717) is 5.56 Å². The zero-order chi connectivity index (χ0) is 11.4. The fourth-order valence-electron chi connectivity index (χ4n) is 1.29. The van der Waals surface area contributed by atoms with Crippen molar-refractivity contribution in [1.82, 2.24) is 0 Å². The monoisotopic (exact) mass is 212 g/mol. The van der Waals surface area contributed by atoms with Gasteiger partial charge >= 0.3 is 0 Å². The smallest absolute Gasteiger partial charge is 0.263 e. The van der Waals surface area contributed by atoms with Crippen LogP contribution in [0.3, 0.4) is 0 Å². The summed E-state index contributed by atoms with van der Waals surface area (Å²) < 4.78 is 24.8. The Bertz CT molecular complexity index is 354. The SMILES string of the molecule is CC(C)=CC(O)c1cccc(C(F)F)c1. The molecule has 0 fully saturated rings. The molecular weight excluding hydrogens is 198 g/mol. The van der Waals surface area contributed by atoms with Crippen molar-refractivity contribution in [3.63, 3.8) is 0 Å². The van der Waals surface area contributed by atoms with E-state index in [9.17, 15) is 13.9 Å². The summed E-state index contributed by atoms with van der Waals surface area (Å²) in [6.07, 6.45) is -1.68. The van der Waals surface area contributed by atoms with Gasteiger partial charge in [-0.05, 0) is 25.5 Å². The molecule has 0 heterocycles. The van der Waals surface area contributed by atoms with Gasteiger partial charge in [0.15, 0.2) is 0 Å². The standard InChI is InChI=1S/C12H14F2O/c1-8(2)6-11(15)9-4-3-5-10(7-9)12(13)14/h3-7,11-12,15H,1-2H3. The number of hydrogen-bond acceptors (Lipinski definition) is 1. The molecule has 0 spiro atoms. The number of halogens is 2. The molecule has 0 saturated carbocycles. The Labute approximate surface area is 88.1 Å². The van der Waals surface area contributed by atoms with Crippen molar-refractivity contribution in [2.45, 2.75) is 26.4 Å². The van der Waals surface area contributed by atoms with E-state index in [-0.39, 0.29) is 5.56 Å². The molecule has 3 heteroatoms. The molecule has 0 aliphatic carbocycles. The third-order valence-corrected chi connectivity index (χ3v) is 2.00. The number of aliphatic hydroxyl groups is 1. The average molecular weight is 212 g/mol. The molecule has 15 heavy (non-hydrogen) atoms. The average Bonchev–Trinajstić information content (AvgIpc) is 2.17. The first-order chi connectivity index (χ1) is 7.00. The van der Waals surface area contributed by atoms with Crippen LogP contribution in [-0.2, 0) is 0 Å². The summed E-state index contributed by atoms with van der Waals surface area (Å²) in [6.45, 7) is 3.69. The Kier molecular flexibility index (Phi) is 3.97. The minimum absolute atomic E-state index is 0.0614. The van der Waals surface area contributed by atoms with Crippen molar-refractivity contribution in [1.29, 1.82) is 0 Å². The highest BCUT2D eigenvalue weighted by Crippen LogP contribution is 2.23. The normalized spacial score (nSPS) is 12.7. The van der Waals surface area contributed by atoms with Gasteiger partial charge in [0.05, 0.1) is 6.10 Å². The van der Waals surface area contributed by atoms with E-state index in [1.54, 1.807) is 12.1 Å². The second-order valence-electron chi connectivity index (χ2n) is 3.66. The van der Waals surface area contributed by atoms with Gasteiger partial charge in [-0.25, -0.2) is 8.78 Å². The number of benzene rings is 1. The van der Waals surface area contributed by atoms with Crippen LogP contribution >= 0.6 is 0 Å². The number of rotatable bonds is 3. The van der Waals surface area contributed by atoms with Gasteiger partial charge < -0.3 is 5.11 Å².